The van der Waals surface area contributed by atoms with Crippen molar-refractivity contribution in [3.63, 3.8) is 0 Å². The van der Waals surface area contributed by atoms with Gasteiger partial charge in [-0.1, -0.05) is 40.5 Å². The van der Waals surface area contributed by atoms with Gasteiger partial charge in [0.05, 0.1) is 0 Å². The molecule has 0 bridgehead atoms. The monoisotopic (exact) mass is 240 g/mol. The van der Waals surface area contributed by atoms with E-state index in [1.54, 1.807) is 0 Å². The fraction of sp³-hybridized carbons (Fsp3) is 1.00. The largest absolute Gasteiger partial charge is 0.329 e. The Morgan fingerprint density at radius 2 is 1.47 bits per heavy atom. The second-order valence-electron chi connectivity index (χ2n) is 5.83. The standard InChI is InChI=1S/C15H32N2/c1-5-14(6-2)9-11-17(12-10-14)15(7-3,8-4)13-16/h5-13,16H2,1-4H3. The molecule has 1 aliphatic rings. The third-order valence-corrected chi connectivity index (χ3v) is 5.69. The first-order chi connectivity index (χ1) is 8.12. The summed E-state index contributed by atoms with van der Waals surface area (Å²) in [4.78, 5) is 2.68. The topological polar surface area (TPSA) is 29.3 Å². The molecule has 1 saturated heterocycles. The Hall–Kier alpha value is -0.0800. The number of rotatable bonds is 6. The van der Waals surface area contributed by atoms with E-state index in [4.69, 9.17) is 5.73 Å². The summed E-state index contributed by atoms with van der Waals surface area (Å²) in [6.45, 7) is 12.6. The van der Waals surface area contributed by atoms with Gasteiger partial charge in [-0.2, -0.15) is 0 Å². The highest BCUT2D eigenvalue weighted by Crippen LogP contribution is 2.40. The smallest absolute Gasteiger partial charge is 0.0326 e. The molecule has 0 saturated carbocycles. The maximum absolute atomic E-state index is 6.05. The molecule has 0 aromatic heterocycles. The van der Waals surface area contributed by atoms with Gasteiger partial charge in [0.1, 0.15) is 0 Å². The first-order valence-electron chi connectivity index (χ1n) is 7.57. The van der Waals surface area contributed by atoms with Gasteiger partial charge in [0.25, 0.3) is 0 Å². The molecule has 0 spiro atoms. The summed E-state index contributed by atoms with van der Waals surface area (Å²) >= 11 is 0. The molecule has 1 rings (SSSR count). The second kappa shape index (κ2) is 6.19. The average Bonchev–Trinajstić information content (AvgIpc) is 2.42. The molecule has 0 atom stereocenters. The van der Waals surface area contributed by atoms with Crippen molar-refractivity contribution < 1.29 is 0 Å². The number of hydrogen-bond acceptors (Lipinski definition) is 2. The van der Waals surface area contributed by atoms with Gasteiger partial charge in [0.15, 0.2) is 0 Å². The molecule has 102 valence electrons. The first kappa shape index (κ1) is 15.0. The Morgan fingerprint density at radius 3 is 1.76 bits per heavy atom. The zero-order chi connectivity index (χ0) is 12.9. The molecular formula is C15H32N2. The van der Waals surface area contributed by atoms with E-state index in [9.17, 15) is 0 Å². The van der Waals surface area contributed by atoms with Crippen LogP contribution in [0.4, 0.5) is 0 Å². The minimum atomic E-state index is 0.271. The number of nitrogens with zero attached hydrogens (tertiary/aromatic N) is 1. The summed E-state index contributed by atoms with van der Waals surface area (Å²) in [7, 11) is 0. The summed E-state index contributed by atoms with van der Waals surface area (Å²) in [5.74, 6) is 0. The third-order valence-electron chi connectivity index (χ3n) is 5.69. The maximum atomic E-state index is 6.05. The highest BCUT2D eigenvalue weighted by atomic mass is 15.2. The van der Waals surface area contributed by atoms with Gasteiger partial charge in [-0.3, -0.25) is 4.90 Å². The van der Waals surface area contributed by atoms with Gasteiger partial charge in [0, 0.05) is 12.1 Å². The summed E-state index contributed by atoms with van der Waals surface area (Å²) in [6, 6.07) is 0. The highest BCUT2D eigenvalue weighted by Gasteiger charge is 2.38. The van der Waals surface area contributed by atoms with Crippen molar-refractivity contribution >= 4 is 0 Å². The van der Waals surface area contributed by atoms with Crippen LogP contribution in [0.2, 0.25) is 0 Å². The summed E-state index contributed by atoms with van der Waals surface area (Å²) < 4.78 is 0. The molecule has 0 aliphatic carbocycles. The van der Waals surface area contributed by atoms with Gasteiger partial charge in [-0.25, -0.2) is 0 Å². The van der Waals surface area contributed by atoms with Crippen LogP contribution in [-0.2, 0) is 0 Å². The Labute approximate surface area is 108 Å². The lowest BCUT2D eigenvalue weighted by Crippen LogP contribution is -2.57. The van der Waals surface area contributed by atoms with Crippen molar-refractivity contribution in [3.8, 4) is 0 Å². The van der Waals surface area contributed by atoms with E-state index >= 15 is 0 Å². The predicted octanol–water partition coefficient (Wildman–Crippen LogP) is 3.41. The minimum Gasteiger partial charge on any atom is -0.329 e. The SMILES string of the molecule is CCC1(CC)CCN(C(CC)(CC)CN)CC1. The van der Waals surface area contributed by atoms with Crippen LogP contribution in [0, 0.1) is 5.41 Å². The van der Waals surface area contributed by atoms with Gasteiger partial charge in [0.2, 0.25) is 0 Å². The third kappa shape index (κ3) is 2.85. The van der Waals surface area contributed by atoms with Gasteiger partial charge >= 0.3 is 0 Å². The summed E-state index contributed by atoms with van der Waals surface area (Å²) in [6.07, 6.45) is 7.77. The molecule has 0 radical (unpaired) electrons. The molecule has 0 aromatic carbocycles. The summed E-state index contributed by atoms with van der Waals surface area (Å²) in [5, 5.41) is 0. The normalized spacial score (nSPS) is 21.7. The molecule has 1 aliphatic heterocycles. The van der Waals surface area contributed by atoms with E-state index in [1.807, 2.05) is 0 Å². The van der Waals surface area contributed by atoms with Crippen LogP contribution < -0.4 is 5.73 Å². The van der Waals surface area contributed by atoms with Crippen LogP contribution >= 0.6 is 0 Å². The summed E-state index contributed by atoms with van der Waals surface area (Å²) in [5.41, 5.74) is 6.95. The van der Waals surface area contributed by atoms with Gasteiger partial charge in [-0.15, -0.1) is 0 Å². The lowest BCUT2D eigenvalue weighted by Gasteiger charge is -2.49. The molecule has 0 unspecified atom stereocenters. The molecule has 17 heavy (non-hydrogen) atoms. The number of nitrogens with two attached hydrogens (primary N) is 1. The molecule has 2 nitrogen and oxygen atoms in total. The molecule has 2 N–H and O–H groups in total. The van der Waals surface area contributed by atoms with E-state index in [0.717, 1.165) is 6.54 Å². The number of piperidine rings is 1. The predicted molar refractivity (Wildman–Crippen MR) is 76.2 cm³/mol. The highest BCUT2D eigenvalue weighted by molar-refractivity contribution is 4.94. The Kier molecular flexibility index (Phi) is 5.46. The van der Waals surface area contributed by atoms with Gasteiger partial charge < -0.3 is 5.73 Å². The Bertz CT molecular complexity index is 199. The van der Waals surface area contributed by atoms with E-state index in [-0.39, 0.29) is 5.54 Å². The maximum Gasteiger partial charge on any atom is 0.0326 e. The van der Waals surface area contributed by atoms with Crippen LogP contribution in [0.5, 0.6) is 0 Å². The molecule has 2 heteroatoms. The second-order valence-corrected chi connectivity index (χ2v) is 5.83. The Balaban J connectivity index is 2.67. The zero-order valence-corrected chi connectivity index (χ0v) is 12.4. The van der Waals surface area contributed by atoms with Gasteiger partial charge in [-0.05, 0) is 44.2 Å². The molecule has 0 aromatic rings. The molecular weight excluding hydrogens is 208 g/mol. The number of likely N-dealkylation sites (tertiary alicyclic amines) is 1. The average molecular weight is 240 g/mol. The lowest BCUT2D eigenvalue weighted by molar-refractivity contribution is 0.0116. The van der Waals surface area contributed by atoms with E-state index < -0.39 is 0 Å². The van der Waals surface area contributed by atoms with Crippen molar-refractivity contribution in [1.82, 2.24) is 4.90 Å². The van der Waals surface area contributed by atoms with Crippen molar-refractivity contribution in [1.29, 1.82) is 0 Å². The van der Waals surface area contributed by atoms with Crippen LogP contribution in [0.25, 0.3) is 0 Å². The van der Waals surface area contributed by atoms with Crippen molar-refractivity contribution in [2.45, 2.75) is 71.8 Å². The minimum absolute atomic E-state index is 0.271. The van der Waals surface area contributed by atoms with Crippen molar-refractivity contribution in [2.75, 3.05) is 19.6 Å². The van der Waals surface area contributed by atoms with Crippen LogP contribution in [-0.4, -0.2) is 30.1 Å². The van der Waals surface area contributed by atoms with Crippen molar-refractivity contribution in [3.05, 3.63) is 0 Å². The van der Waals surface area contributed by atoms with Crippen LogP contribution in [0.15, 0.2) is 0 Å². The van der Waals surface area contributed by atoms with Crippen molar-refractivity contribution in [2.24, 2.45) is 11.1 Å². The zero-order valence-electron chi connectivity index (χ0n) is 12.4. The van der Waals surface area contributed by atoms with E-state index in [1.165, 1.54) is 51.6 Å². The lowest BCUT2D eigenvalue weighted by atomic mass is 9.73. The fourth-order valence-electron chi connectivity index (χ4n) is 3.53. The van der Waals surface area contributed by atoms with Crippen LogP contribution in [0.3, 0.4) is 0 Å². The van der Waals surface area contributed by atoms with Crippen LogP contribution in [0.1, 0.15) is 66.2 Å². The molecule has 1 fully saturated rings. The Morgan fingerprint density at radius 1 is 1.00 bits per heavy atom. The fourth-order valence-corrected chi connectivity index (χ4v) is 3.53. The quantitative estimate of drug-likeness (QED) is 0.771. The molecule has 0 amide bonds. The van der Waals surface area contributed by atoms with E-state index in [0.29, 0.717) is 5.41 Å². The molecule has 1 heterocycles. The number of hydrogen-bond donors (Lipinski definition) is 1. The first-order valence-corrected chi connectivity index (χ1v) is 7.57. The van der Waals surface area contributed by atoms with E-state index in [2.05, 4.69) is 32.6 Å².